The summed E-state index contributed by atoms with van der Waals surface area (Å²) in [6, 6.07) is 6.68. The van der Waals surface area contributed by atoms with Crippen molar-refractivity contribution in [3.63, 3.8) is 0 Å². The van der Waals surface area contributed by atoms with Gasteiger partial charge in [0, 0.05) is 10.4 Å². The number of hydrogen-bond donors (Lipinski definition) is 1. The van der Waals surface area contributed by atoms with Crippen LogP contribution in [0.4, 0.5) is 8.78 Å². The van der Waals surface area contributed by atoms with Crippen LogP contribution in [0, 0.1) is 18.6 Å². The topological polar surface area (TPSA) is 12.0 Å². The van der Waals surface area contributed by atoms with Gasteiger partial charge >= 0.3 is 0 Å². The first-order valence-electron chi connectivity index (χ1n) is 5.41. The maximum atomic E-state index is 14.0. The number of thiophene rings is 1. The fraction of sp³-hybridized carbons (Fsp3) is 0.231. The monoisotopic (exact) mass is 331 g/mol. The van der Waals surface area contributed by atoms with E-state index in [1.54, 1.807) is 26.1 Å². The van der Waals surface area contributed by atoms with Gasteiger partial charge in [-0.15, -0.1) is 11.3 Å². The molecule has 0 saturated heterocycles. The van der Waals surface area contributed by atoms with E-state index < -0.39 is 11.6 Å². The molecule has 1 aromatic heterocycles. The maximum absolute atomic E-state index is 14.0. The van der Waals surface area contributed by atoms with E-state index in [1.807, 2.05) is 12.1 Å². The minimum Gasteiger partial charge on any atom is -0.309 e. The third kappa shape index (κ3) is 2.48. The van der Waals surface area contributed by atoms with Crippen LogP contribution in [-0.2, 0) is 0 Å². The lowest BCUT2D eigenvalue weighted by molar-refractivity contribution is 0.483. The zero-order valence-electron chi connectivity index (χ0n) is 9.93. The zero-order valence-corrected chi connectivity index (χ0v) is 12.3. The molecule has 0 spiro atoms. The molecule has 0 amide bonds. The van der Waals surface area contributed by atoms with Gasteiger partial charge in [0.2, 0.25) is 0 Å². The fourth-order valence-electron chi connectivity index (χ4n) is 1.82. The SMILES string of the molecule is CNC(c1ccc(Br)s1)c1ccc(C)c(F)c1F. The summed E-state index contributed by atoms with van der Waals surface area (Å²) in [6.07, 6.45) is 0. The molecule has 1 unspecified atom stereocenters. The highest BCUT2D eigenvalue weighted by Gasteiger charge is 2.21. The highest BCUT2D eigenvalue weighted by Crippen LogP contribution is 2.33. The summed E-state index contributed by atoms with van der Waals surface area (Å²) in [7, 11) is 1.73. The van der Waals surface area contributed by atoms with E-state index in [0.29, 0.717) is 11.1 Å². The molecule has 0 radical (unpaired) electrons. The smallest absolute Gasteiger partial charge is 0.164 e. The Morgan fingerprint density at radius 3 is 2.44 bits per heavy atom. The van der Waals surface area contributed by atoms with E-state index in [0.717, 1.165) is 8.66 Å². The summed E-state index contributed by atoms with van der Waals surface area (Å²) in [6.45, 7) is 1.55. The molecule has 0 aliphatic heterocycles. The van der Waals surface area contributed by atoms with Gasteiger partial charge in [-0.05, 0) is 47.6 Å². The van der Waals surface area contributed by atoms with Crippen molar-refractivity contribution >= 4 is 27.3 Å². The molecule has 0 saturated carbocycles. The lowest BCUT2D eigenvalue weighted by atomic mass is 10.0. The average Bonchev–Trinajstić information content (AvgIpc) is 2.77. The highest BCUT2D eigenvalue weighted by atomic mass is 79.9. The minimum absolute atomic E-state index is 0.318. The molecule has 1 N–H and O–H groups in total. The Labute approximate surface area is 117 Å². The Hall–Kier alpha value is -0.780. The van der Waals surface area contributed by atoms with Gasteiger partial charge in [-0.25, -0.2) is 8.78 Å². The van der Waals surface area contributed by atoms with Crippen LogP contribution in [0.3, 0.4) is 0 Å². The van der Waals surface area contributed by atoms with E-state index >= 15 is 0 Å². The number of benzene rings is 1. The first-order valence-corrected chi connectivity index (χ1v) is 7.02. The number of aryl methyl sites for hydroxylation is 1. The Kier molecular flexibility index (Phi) is 4.14. The van der Waals surface area contributed by atoms with E-state index in [-0.39, 0.29) is 6.04 Å². The van der Waals surface area contributed by atoms with E-state index in [2.05, 4.69) is 21.2 Å². The minimum atomic E-state index is -0.779. The van der Waals surface area contributed by atoms with Gasteiger partial charge in [-0.1, -0.05) is 12.1 Å². The maximum Gasteiger partial charge on any atom is 0.164 e. The molecule has 1 nitrogen and oxygen atoms in total. The second-order valence-electron chi connectivity index (χ2n) is 3.96. The van der Waals surface area contributed by atoms with Gasteiger partial charge in [-0.3, -0.25) is 0 Å². The van der Waals surface area contributed by atoms with Crippen LogP contribution in [0.2, 0.25) is 0 Å². The van der Waals surface area contributed by atoms with Crippen LogP contribution >= 0.6 is 27.3 Å². The third-order valence-electron chi connectivity index (χ3n) is 2.78. The number of halogens is 3. The normalized spacial score (nSPS) is 12.7. The van der Waals surface area contributed by atoms with E-state index in [1.165, 1.54) is 11.3 Å². The van der Waals surface area contributed by atoms with Gasteiger partial charge in [0.25, 0.3) is 0 Å². The highest BCUT2D eigenvalue weighted by molar-refractivity contribution is 9.11. The molecule has 2 aromatic rings. The molecule has 96 valence electrons. The van der Waals surface area contributed by atoms with Crippen molar-refractivity contribution < 1.29 is 8.78 Å². The summed E-state index contributed by atoms with van der Waals surface area (Å²) in [4.78, 5) is 0.937. The standard InChI is InChI=1S/C13H12BrF2NS/c1-7-3-4-8(12(16)11(7)15)13(17-2)9-5-6-10(14)18-9/h3-6,13,17H,1-2H3. The van der Waals surface area contributed by atoms with Gasteiger partial charge < -0.3 is 5.32 Å². The van der Waals surface area contributed by atoms with Gasteiger partial charge in [0.15, 0.2) is 11.6 Å². The van der Waals surface area contributed by atoms with Crippen molar-refractivity contribution in [2.75, 3.05) is 7.05 Å². The van der Waals surface area contributed by atoms with Crippen molar-refractivity contribution in [3.8, 4) is 0 Å². The molecule has 0 aliphatic carbocycles. The average molecular weight is 332 g/mol. The van der Waals surface area contributed by atoms with Crippen LogP contribution in [0.1, 0.15) is 22.0 Å². The molecule has 1 aromatic carbocycles. The lowest BCUT2D eigenvalue weighted by Gasteiger charge is -2.16. The van der Waals surface area contributed by atoms with Crippen LogP contribution in [-0.4, -0.2) is 7.05 Å². The molecule has 2 rings (SSSR count). The van der Waals surface area contributed by atoms with Crippen LogP contribution in [0.15, 0.2) is 28.1 Å². The Morgan fingerprint density at radius 2 is 1.89 bits per heavy atom. The predicted molar refractivity (Wildman–Crippen MR) is 74.0 cm³/mol. The summed E-state index contributed by atoms with van der Waals surface area (Å²) in [5.74, 6) is -1.55. The summed E-state index contributed by atoms with van der Waals surface area (Å²) >= 11 is 4.87. The van der Waals surface area contributed by atoms with Gasteiger partial charge in [0.1, 0.15) is 0 Å². The number of nitrogens with one attached hydrogen (secondary N) is 1. The van der Waals surface area contributed by atoms with Crippen molar-refractivity contribution in [2.45, 2.75) is 13.0 Å². The molecule has 0 bridgehead atoms. The van der Waals surface area contributed by atoms with Crippen LogP contribution in [0.25, 0.3) is 0 Å². The molecule has 1 atom stereocenters. The molecule has 0 aliphatic rings. The Morgan fingerprint density at radius 1 is 1.17 bits per heavy atom. The Bertz CT molecular complexity index is 568. The number of hydrogen-bond acceptors (Lipinski definition) is 2. The van der Waals surface area contributed by atoms with Crippen LogP contribution < -0.4 is 5.32 Å². The quantitative estimate of drug-likeness (QED) is 0.878. The summed E-state index contributed by atoms with van der Waals surface area (Å²) in [5.41, 5.74) is 0.647. The largest absolute Gasteiger partial charge is 0.309 e. The van der Waals surface area contributed by atoms with Gasteiger partial charge in [-0.2, -0.15) is 0 Å². The second kappa shape index (κ2) is 5.47. The molecule has 0 fully saturated rings. The molecular formula is C13H12BrF2NS. The third-order valence-corrected chi connectivity index (χ3v) is 4.47. The summed E-state index contributed by atoms with van der Waals surface area (Å²) < 4.78 is 28.5. The fourth-order valence-corrected chi connectivity index (χ4v) is 3.37. The van der Waals surface area contributed by atoms with Crippen molar-refractivity contribution in [1.82, 2.24) is 5.32 Å². The van der Waals surface area contributed by atoms with E-state index in [4.69, 9.17) is 0 Å². The summed E-state index contributed by atoms with van der Waals surface area (Å²) in [5, 5.41) is 3.02. The molecule has 1 heterocycles. The first kappa shape index (κ1) is 13.6. The predicted octanol–water partition coefficient (Wildman–Crippen LogP) is 4.41. The van der Waals surface area contributed by atoms with E-state index in [9.17, 15) is 8.78 Å². The number of rotatable bonds is 3. The molecular weight excluding hydrogens is 320 g/mol. The molecule has 18 heavy (non-hydrogen) atoms. The zero-order chi connectivity index (χ0) is 13.3. The first-order chi connectivity index (χ1) is 8.54. The lowest BCUT2D eigenvalue weighted by Crippen LogP contribution is -2.18. The molecule has 5 heteroatoms. The van der Waals surface area contributed by atoms with Crippen molar-refractivity contribution in [2.24, 2.45) is 0 Å². The van der Waals surface area contributed by atoms with Crippen molar-refractivity contribution in [3.05, 3.63) is 55.7 Å². The second-order valence-corrected chi connectivity index (χ2v) is 6.46. The van der Waals surface area contributed by atoms with Crippen molar-refractivity contribution in [1.29, 1.82) is 0 Å². The van der Waals surface area contributed by atoms with Crippen LogP contribution in [0.5, 0.6) is 0 Å². The van der Waals surface area contributed by atoms with Gasteiger partial charge in [0.05, 0.1) is 9.83 Å². The Balaban J connectivity index is 2.49.